The SMILES string of the molecule is Cc1[nH]nc2c1c(C)c1n2CCN(C(C)C)C1. The van der Waals surface area contributed by atoms with Crippen LogP contribution in [0.2, 0.25) is 0 Å². The Hall–Kier alpha value is -1.29. The van der Waals surface area contributed by atoms with E-state index in [-0.39, 0.29) is 0 Å². The molecule has 0 bridgehead atoms. The molecule has 92 valence electrons. The summed E-state index contributed by atoms with van der Waals surface area (Å²) in [4.78, 5) is 2.53. The van der Waals surface area contributed by atoms with Crippen LogP contribution in [0.25, 0.3) is 11.0 Å². The number of hydrogen-bond acceptors (Lipinski definition) is 2. The minimum Gasteiger partial charge on any atom is -0.325 e. The normalized spacial score (nSPS) is 17.0. The third kappa shape index (κ3) is 1.43. The summed E-state index contributed by atoms with van der Waals surface area (Å²) in [6.45, 7) is 12.1. The Morgan fingerprint density at radius 3 is 2.71 bits per heavy atom. The fourth-order valence-corrected chi connectivity index (χ4v) is 2.92. The lowest BCUT2D eigenvalue weighted by Crippen LogP contribution is -2.38. The molecule has 0 fully saturated rings. The highest BCUT2D eigenvalue weighted by Gasteiger charge is 2.25. The summed E-state index contributed by atoms with van der Waals surface area (Å²) in [7, 11) is 0. The molecule has 0 saturated carbocycles. The van der Waals surface area contributed by atoms with Gasteiger partial charge in [0.05, 0.1) is 0 Å². The molecule has 0 spiro atoms. The van der Waals surface area contributed by atoms with Crippen LogP contribution in [0.5, 0.6) is 0 Å². The first kappa shape index (κ1) is 10.8. The highest BCUT2D eigenvalue weighted by Crippen LogP contribution is 2.30. The van der Waals surface area contributed by atoms with Crippen molar-refractivity contribution in [3.63, 3.8) is 0 Å². The molecule has 1 N–H and O–H groups in total. The van der Waals surface area contributed by atoms with Crippen LogP contribution in [-0.4, -0.2) is 32.3 Å². The molecule has 3 heterocycles. The topological polar surface area (TPSA) is 36.9 Å². The highest BCUT2D eigenvalue weighted by atomic mass is 15.3. The lowest BCUT2D eigenvalue weighted by Gasteiger charge is -2.32. The van der Waals surface area contributed by atoms with E-state index in [4.69, 9.17) is 0 Å². The number of fused-ring (bicyclic) bond motifs is 3. The van der Waals surface area contributed by atoms with E-state index in [1.165, 1.54) is 22.3 Å². The molecule has 2 aromatic rings. The summed E-state index contributed by atoms with van der Waals surface area (Å²) in [6.07, 6.45) is 0. The molecule has 0 aliphatic carbocycles. The molecule has 4 heteroatoms. The first-order valence-electron chi connectivity index (χ1n) is 6.36. The summed E-state index contributed by atoms with van der Waals surface area (Å²) >= 11 is 0. The van der Waals surface area contributed by atoms with Crippen LogP contribution in [0, 0.1) is 13.8 Å². The number of aromatic nitrogens is 3. The number of H-pyrrole nitrogens is 1. The minimum atomic E-state index is 0.619. The molecule has 3 rings (SSSR count). The van der Waals surface area contributed by atoms with Crippen molar-refractivity contribution in [1.29, 1.82) is 0 Å². The Morgan fingerprint density at radius 2 is 2.00 bits per heavy atom. The summed E-state index contributed by atoms with van der Waals surface area (Å²) < 4.78 is 2.38. The van der Waals surface area contributed by atoms with Crippen molar-refractivity contribution in [2.45, 2.75) is 46.8 Å². The van der Waals surface area contributed by atoms with Crippen molar-refractivity contribution in [1.82, 2.24) is 19.7 Å². The smallest absolute Gasteiger partial charge is 0.162 e. The summed E-state index contributed by atoms with van der Waals surface area (Å²) in [5, 5.41) is 8.86. The zero-order valence-electron chi connectivity index (χ0n) is 11.0. The Labute approximate surface area is 102 Å². The summed E-state index contributed by atoms with van der Waals surface area (Å²) in [5.74, 6) is 0. The van der Waals surface area contributed by atoms with Crippen LogP contribution < -0.4 is 0 Å². The first-order valence-corrected chi connectivity index (χ1v) is 6.36. The maximum atomic E-state index is 4.44. The number of aryl methyl sites for hydroxylation is 2. The van der Waals surface area contributed by atoms with Crippen LogP contribution in [-0.2, 0) is 13.1 Å². The van der Waals surface area contributed by atoms with Crippen LogP contribution in [0.3, 0.4) is 0 Å². The van der Waals surface area contributed by atoms with E-state index in [0.717, 1.165) is 25.3 Å². The second kappa shape index (κ2) is 3.60. The van der Waals surface area contributed by atoms with Gasteiger partial charge >= 0.3 is 0 Å². The number of hydrogen-bond donors (Lipinski definition) is 1. The van der Waals surface area contributed by atoms with E-state index in [0.29, 0.717) is 6.04 Å². The lowest BCUT2D eigenvalue weighted by molar-refractivity contribution is 0.178. The molecular weight excluding hydrogens is 212 g/mol. The molecule has 0 radical (unpaired) electrons. The van der Waals surface area contributed by atoms with Gasteiger partial charge in [0.1, 0.15) is 0 Å². The predicted molar refractivity (Wildman–Crippen MR) is 69.1 cm³/mol. The number of aromatic amines is 1. The fraction of sp³-hybridized carbons (Fsp3) is 0.615. The van der Waals surface area contributed by atoms with Crippen molar-refractivity contribution in [2.24, 2.45) is 0 Å². The Morgan fingerprint density at radius 1 is 1.24 bits per heavy atom. The largest absolute Gasteiger partial charge is 0.325 e. The van der Waals surface area contributed by atoms with Crippen LogP contribution in [0.15, 0.2) is 0 Å². The minimum absolute atomic E-state index is 0.619. The molecule has 0 aromatic carbocycles. The standard InChI is InChI=1S/C13H20N4/c1-8(2)16-5-6-17-11(7-16)9(3)12-10(4)14-15-13(12)17/h8H,5-7H2,1-4H3,(H,14,15). The van der Waals surface area contributed by atoms with Crippen molar-refractivity contribution in [2.75, 3.05) is 6.54 Å². The zero-order valence-corrected chi connectivity index (χ0v) is 11.0. The van der Waals surface area contributed by atoms with E-state index >= 15 is 0 Å². The van der Waals surface area contributed by atoms with Crippen LogP contribution >= 0.6 is 0 Å². The summed E-state index contributed by atoms with van der Waals surface area (Å²) in [6, 6.07) is 0.619. The van der Waals surface area contributed by atoms with E-state index in [1.54, 1.807) is 0 Å². The van der Waals surface area contributed by atoms with Gasteiger partial charge < -0.3 is 4.57 Å². The third-order valence-electron chi connectivity index (χ3n) is 4.01. The van der Waals surface area contributed by atoms with Crippen molar-refractivity contribution in [3.05, 3.63) is 17.0 Å². The second-order valence-corrected chi connectivity index (χ2v) is 5.33. The molecule has 0 unspecified atom stereocenters. The van der Waals surface area contributed by atoms with E-state index < -0.39 is 0 Å². The second-order valence-electron chi connectivity index (χ2n) is 5.33. The van der Waals surface area contributed by atoms with Gasteiger partial charge in [-0.05, 0) is 33.3 Å². The summed E-state index contributed by atoms with van der Waals surface area (Å²) in [5.41, 5.74) is 5.17. The Kier molecular flexibility index (Phi) is 2.30. The molecule has 2 aromatic heterocycles. The molecule has 1 aliphatic heterocycles. The highest BCUT2D eigenvalue weighted by molar-refractivity contribution is 5.84. The predicted octanol–water partition coefficient (Wildman–Crippen LogP) is 2.21. The molecule has 0 atom stereocenters. The van der Waals surface area contributed by atoms with Crippen LogP contribution in [0.4, 0.5) is 0 Å². The van der Waals surface area contributed by atoms with E-state index in [2.05, 4.69) is 47.4 Å². The lowest BCUT2D eigenvalue weighted by atomic mass is 10.1. The van der Waals surface area contributed by atoms with Crippen molar-refractivity contribution < 1.29 is 0 Å². The molecule has 0 amide bonds. The van der Waals surface area contributed by atoms with E-state index in [9.17, 15) is 0 Å². The average molecular weight is 232 g/mol. The van der Waals surface area contributed by atoms with Gasteiger partial charge in [0.2, 0.25) is 0 Å². The van der Waals surface area contributed by atoms with Gasteiger partial charge in [0.25, 0.3) is 0 Å². The third-order valence-corrected chi connectivity index (χ3v) is 4.01. The molecule has 4 nitrogen and oxygen atoms in total. The Balaban J connectivity index is 2.14. The number of nitrogens with one attached hydrogen (secondary N) is 1. The van der Waals surface area contributed by atoms with Gasteiger partial charge in [0.15, 0.2) is 5.65 Å². The fourth-order valence-electron chi connectivity index (χ4n) is 2.92. The van der Waals surface area contributed by atoms with Gasteiger partial charge in [-0.3, -0.25) is 10.00 Å². The van der Waals surface area contributed by atoms with E-state index in [1.807, 2.05) is 0 Å². The van der Waals surface area contributed by atoms with Gasteiger partial charge in [-0.15, -0.1) is 0 Å². The maximum Gasteiger partial charge on any atom is 0.162 e. The van der Waals surface area contributed by atoms with Crippen molar-refractivity contribution in [3.8, 4) is 0 Å². The number of rotatable bonds is 1. The average Bonchev–Trinajstić information content (AvgIpc) is 2.80. The van der Waals surface area contributed by atoms with Gasteiger partial charge in [-0.2, -0.15) is 5.10 Å². The Bertz CT molecular complexity index is 561. The van der Waals surface area contributed by atoms with Crippen LogP contribution in [0.1, 0.15) is 30.8 Å². The van der Waals surface area contributed by atoms with Gasteiger partial charge in [-0.1, -0.05) is 0 Å². The molecule has 1 aliphatic rings. The quantitative estimate of drug-likeness (QED) is 0.818. The first-order chi connectivity index (χ1) is 8.09. The van der Waals surface area contributed by atoms with Gasteiger partial charge in [-0.25, -0.2) is 0 Å². The molecule has 17 heavy (non-hydrogen) atoms. The van der Waals surface area contributed by atoms with Crippen molar-refractivity contribution >= 4 is 11.0 Å². The monoisotopic (exact) mass is 232 g/mol. The zero-order chi connectivity index (χ0) is 12.2. The molecular formula is C13H20N4. The molecule has 0 saturated heterocycles. The maximum absolute atomic E-state index is 4.44. The number of nitrogens with zero attached hydrogens (tertiary/aromatic N) is 3. The van der Waals surface area contributed by atoms with Gasteiger partial charge in [0, 0.05) is 42.5 Å².